The maximum absolute atomic E-state index is 12.9. The van der Waals surface area contributed by atoms with Crippen LogP contribution >= 0.6 is 11.6 Å². The van der Waals surface area contributed by atoms with Gasteiger partial charge in [-0.2, -0.15) is 0 Å². The topological polar surface area (TPSA) is 55.6 Å². The second-order valence-corrected chi connectivity index (χ2v) is 7.17. The first-order valence-electron chi connectivity index (χ1n) is 8.63. The van der Waals surface area contributed by atoms with Gasteiger partial charge in [0.05, 0.1) is 5.69 Å². The Morgan fingerprint density at radius 1 is 1.36 bits per heavy atom. The second-order valence-electron chi connectivity index (χ2n) is 6.73. The van der Waals surface area contributed by atoms with E-state index < -0.39 is 0 Å². The third kappa shape index (κ3) is 3.98. The molecule has 0 N–H and O–H groups in total. The lowest BCUT2D eigenvalue weighted by Gasteiger charge is -2.32. The predicted octanol–water partition coefficient (Wildman–Crippen LogP) is 4.44. The molecule has 134 valence electrons. The van der Waals surface area contributed by atoms with Crippen LogP contribution in [0.1, 0.15) is 54.4 Å². The Labute approximate surface area is 152 Å². The summed E-state index contributed by atoms with van der Waals surface area (Å²) in [5.41, 5.74) is 1.27. The van der Waals surface area contributed by atoms with Crippen LogP contribution in [0, 0.1) is 6.92 Å². The molecule has 0 spiro atoms. The molecule has 0 radical (unpaired) electrons. The SMILES string of the molecule is Cc1noc(C(C)C)c1C(=O)N1CCC(Oc2cccc(Cl)c2)CC1. The molecule has 25 heavy (non-hydrogen) atoms. The number of nitrogens with zero attached hydrogens (tertiary/aromatic N) is 2. The minimum atomic E-state index is 0.00338. The highest BCUT2D eigenvalue weighted by Crippen LogP contribution is 2.26. The zero-order valence-electron chi connectivity index (χ0n) is 14.8. The molecule has 1 aromatic heterocycles. The summed E-state index contributed by atoms with van der Waals surface area (Å²) < 4.78 is 11.3. The standard InChI is InChI=1S/C19H23ClN2O3/c1-12(2)18-17(13(3)21-25-18)19(23)22-9-7-15(8-10-22)24-16-6-4-5-14(20)11-16/h4-6,11-12,15H,7-10H2,1-3H3. The molecule has 0 unspecified atom stereocenters. The van der Waals surface area contributed by atoms with Gasteiger partial charge in [0.15, 0.2) is 5.76 Å². The van der Waals surface area contributed by atoms with Gasteiger partial charge in [0.25, 0.3) is 5.91 Å². The highest BCUT2D eigenvalue weighted by Gasteiger charge is 2.30. The van der Waals surface area contributed by atoms with Crippen molar-refractivity contribution in [1.29, 1.82) is 0 Å². The normalized spacial score (nSPS) is 15.6. The zero-order valence-corrected chi connectivity index (χ0v) is 15.5. The number of rotatable bonds is 4. The van der Waals surface area contributed by atoms with Crippen LogP contribution in [0.4, 0.5) is 0 Å². The maximum atomic E-state index is 12.9. The molecule has 5 nitrogen and oxygen atoms in total. The fraction of sp³-hybridized carbons (Fsp3) is 0.474. The van der Waals surface area contributed by atoms with Crippen LogP contribution in [0.3, 0.4) is 0 Å². The van der Waals surface area contributed by atoms with Gasteiger partial charge in [-0.05, 0) is 25.1 Å². The number of hydrogen-bond acceptors (Lipinski definition) is 4. The van der Waals surface area contributed by atoms with Crippen LogP contribution < -0.4 is 4.74 Å². The summed E-state index contributed by atoms with van der Waals surface area (Å²) in [5.74, 6) is 1.57. The molecule has 1 aliphatic rings. The largest absolute Gasteiger partial charge is 0.490 e. The first-order chi connectivity index (χ1) is 12.0. The van der Waals surface area contributed by atoms with E-state index in [-0.39, 0.29) is 17.9 Å². The molecule has 1 saturated heterocycles. The number of aryl methyl sites for hydroxylation is 1. The Bertz CT molecular complexity index is 749. The number of amides is 1. The van der Waals surface area contributed by atoms with Gasteiger partial charge < -0.3 is 14.2 Å². The first-order valence-corrected chi connectivity index (χ1v) is 9.01. The van der Waals surface area contributed by atoms with Gasteiger partial charge in [-0.15, -0.1) is 0 Å². The number of likely N-dealkylation sites (tertiary alicyclic amines) is 1. The van der Waals surface area contributed by atoms with Gasteiger partial charge in [0.2, 0.25) is 0 Å². The summed E-state index contributed by atoms with van der Waals surface area (Å²) in [6.45, 7) is 7.14. The molecule has 0 bridgehead atoms. The summed E-state index contributed by atoms with van der Waals surface area (Å²) in [5, 5.41) is 4.63. The van der Waals surface area contributed by atoms with Crippen LogP contribution in [-0.4, -0.2) is 35.2 Å². The number of aromatic nitrogens is 1. The van der Waals surface area contributed by atoms with E-state index in [1.807, 2.05) is 49.9 Å². The maximum Gasteiger partial charge on any atom is 0.259 e. The van der Waals surface area contributed by atoms with Crippen LogP contribution in [0.2, 0.25) is 5.02 Å². The van der Waals surface area contributed by atoms with E-state index in [1.165, 1.54) is 0 Å². The quantitative estimate of drug-likeness (QED) is 0.806. The first kappa shape index (κ1) is 17.8. The molecule has 1 aromatic carbocycles. The minimum absolute atomic E-state index is 0.00338. The number of carbonyl (C=O) groups excluding carboxylic acids is 1. The summed E-state index contributed by atoms with van der Waals surface area (Å²) in [4.78, 5) is 14.7. The van der Waals surface area contributed by atoms with Crippen molar-refractivity contribution < 1.29 is 14.1 Å². The molecule has 0 aliphatic carbocycles. The average molecular weight is 363 g/mol. The van der Waals surface area contributed by atoms with E-state index in [9.17, 15) is 4.79 Å². The zero-order chi connectivity index (χ0) is 18.0. The number of halogens is 1. The Hall–Kier alpha value is -2.01. The number of ether oxygens (including phenoxy) is 1. The van der Waals surface area contributed by atoms with E-state index in [0.29, 0.717) is 35.1 Å². The predicted molar refractivity (Wildman–Crippen MR) is 96.3 cm³/mol. The molecule has 2 aromatic rings. The summed E-state index contributed by atoms with van der Waals surface area (Å²) in [7, 11) is 0. The van der Waals surface area contributed by atoms with E-state index in [2.05, 4.69) is 5.16 Å². The Kier molecular flexibility index (Phi) is 5.33. The lowest BCUT2D eigenvalue weighted by Crippen LogP contribution is -2.42. The van der Waals surface area contributed by atoms with Crippen LogP contribution in [0.15, 0.2) is 28.8 Å². The third-order valence-electron chi connectivity index (χ3n) is 4.46. The van der Waals surface area contributed by atoms with Crippen molar-refractivity contribution >= 4 is 17.5 Å². The number of hydrogen-bond donors (Lipinski definition) is 0. The highest BCUT2D eigenvalue weighted by atomic mass is 35.5. The van der Waals surface area contributed by atoms with Gasteiger partial charge in [0, 0.05) is 36.9 Å². The number of carbonyl (C=O) groups is 1. The summed E-state index contributed by atoms with van der Waals surface area (Å²) in [6, 6.07) is 7.41. The van der Waals surface area contributed by atoms with E-state index >= 15 is 0 Å². The smallest absolute Gasteiger partial charge is 0.259 e. The highest BCUT2D eigenvalue weighted by molar-refractivity contribution is 6.30. The molecular formula is C19H23ClN2O3. The van der Waals surface area contributed by atoms with Gasteiger partial charge in [0.1, 0.15) is 17.4 Å². The molecule has 1 fully saturated rings. The fourth-order valence-corrected chi connectivity index (χ4v) is 3.29. The lowest BCUT2D eigenvalue weighted by molar-refractivity contribution is 0.0592. The van der Waals surface area contributed by atoms with Crippen molar-refractivity contribution in [3.05, 3.63) is 46.3 Å². The summed E-state index contributed by atoms with van der Waals surface area (Å²) in [6.07, 6.45) is 1.68. The Morgan fingerprint density at radius 2 is 2.08 bits per heavy atom. The summed E-state index contributed by atoms with van der Waals surface area (Å²) >= 11 is 5.99. The molecule has 6 heteroatoms. The van der Waals surface area contributed by atoms with Crippen molar-refractivity contribution in [3.63, 3.8) is 0 Å². The minimum Gasteiger partial charge on any atom is -0.490 e. The van der Waals surface area contributed by atoms with E-state index in [4.69, 9.17) is 20.9 Å². The molecule has 2 heterocycles. The molecule has 0 atom stereocenters. The van der Waals surface area contributed by atoms with Crippen LogP contribution in [0.5, 0.6) is 5.75 Å². The van der Waals surface area contributed by atoms with Gasteiger partial charge in [-0.3, -0.25) is 4.79 Å². The molecular weight excluding hydrogens is 340 g/mol. The van der Waals surface area contributed by atoms with E-state index in [0.717, 1.165) is 18.6 Å². The Morgan fingerprint density at radius 3 is 2.72 bits per heavy atom. The van der Waals surface area contributed by atoms with Gasteiger partial charge in [-0.1, -0.05) is 36.7 Å². The van der Waals surface area contributed by atoms with Crippen LogP contribution in [0.25, 0.3) is 0 Å². The monoisotopic (exact) mass is 362 g/mol. The van der Waals surface area contributed by atoms with Crippen molar-refractivity contribution in [2.45, 2.75) is 45.6 Å². The number of piperidine rings is 1. The Balaban J connectivity index is 1.62. The molecule has 0 saturated carbocycles. The fourth-order valence-electron chi connectivity index (χ4n) is 3.11. The third-order valence-corrected chi connectivity index (χ3v) is 4.69. The van der Waals surface area contributed by atoms with Crippen molar-refractivity contribution in [2.24, 2.45) is 0 Å². The van der Waals surface area contributed by atoms with Crippen molar-refractivity contribution in [2.75, 3.05) is 13.1 Å². The number of benzene rings is 1. The lowest BCUT2D eigenvalue weighted by atomic mass is 10.0. The van der Waals surface area contributed by atoms with Crippen molar-refractivity contribution in [3.8, 4) is 5.75 Å². The van der Waals surface area contributed by atoms with Crippen LogP contribution in [-0.2, 0) is 0 Å². The second kappa shape index (κ2) is 7.48. The van der Waals surface area contributed by atoms with E-state index in [1.54, 1.807) is 0 Å². The molecule has 1 aliphatic heterocycles. The van der Waals surface area contributed by atoms with Gasteiger partial charge in [-0.25, -0.2) is 0 Å². The average Bonchev–Trinajstić information content (AvgIpc) is 2.97. The molecule has 1 amide bonds. The molecule has 3 rings (SSSR count). The van der Waals surface area contributed by atoms with Crippen molar-refractivity contribution in [1.82, 2.24) is 10.1 Å². The van der Waals surface area contributed by atoms with Gasteiger partial charge >= 0.3 is 0 Å².